The molecule has 0 aromatic carbocycles. The molecule has 2 atom stereocenters. The smallest absolute Gasteiger partial charge is 0.305 e. The molecule has 0 rings (SSSR count). The molecule has 6 nitrogen and oxygen atoms in total. The summed E-state index contributed by atoms with van der Waals surface area (Å²) >= 11 is 0. The topological polar surface area (TPSA) is 95.9 Å². The monoisotopic (exact) mass is 1180 g/mol. The quantitative estimate of drug-likeness (QED) is 0.0320. The van der Waals surface area contributed by atoms with E-state index in [1.54, 1.807) is 6.08 Å². The molecule has 84 heavy (non-hydrogen) atoms. The molecule has 0 radical (unpaired) electrons. The number of esters is 1. The number of carbonyl (C=O) groups excluding carboxylic acids is 2. The molecule has 0 bridgehead atoms. The first kappa shape index (κ1) is 82.1. The second kappa shape index (κ2) is 73.5. The van der Waals surface area contributed by atoms with Crippen LogP contribution in [0.4, 0.5) is 0 Å². The predicted molar refractivity (Wildman–Crippen MR) is 370 cm³/mol. The summed E-state index contributed by atoms with van der Waals surface area (Å²) in [7, 11) is 0. The molecule has 0 saturated carbocycles. The fraction of sp³-hybridized carbons (Fsp3) is 0.897. The lowest BCUT2D eigenvalue weighted by Crippen LogP contribution is -2.45. The van der Waals surface area contributed by atoms with Gasteiger partial charge in [0.15, 0.2) is 0 Å². The molecule has 496 valence electrons. The Morgan fingerprint density at radius 1 is 0.333 bits per heavy atom. The second-order valence-corrected chi connectivity index (χ2v) is 26.3. The molecule has 0 fully saturated rings. The molecule has 0 aliphatic carbocycles. The molecule has 0 spiro atoms. The lowest BCUT2D eigenvalue weighted by molar-refractivity contribution is -0.143. The number of amides is 1. The standard InChI is InChI=1S/C78H149NO5/c1-3-5-7-9-11-13-15-17-19-20-40-43-46-50-54-58-62-66-70-76(81)75(74-80)79-77(82)71-67-63-59-55-51-47-44-41-38-36-34-32-30-28-26-24-22-21-23-25-27-29-31-33-35-37-39-42-45-49-53-57-61-65-69-73-84-78(83)72-68-64-60-56-52-48-18-16-14-12-10-8-6-4-2/h10,12,16,18,66,70,75-76,80-81H,3-9,11,13-15,17,19-65,67-69,71-74H2,1-2H3,(H,79,82)/b12-10-,18-16-,70-66+. The highest BCUT2D eigenvalue weighted by atomic mass is 16.5. The number of allylic oxidation sites excluding steroid dienone is 5. The van der Waals surface area contributed by atoms with Gasteiger partial charge in [0.2, 0.25) is 5.91 Å². The van der Waals surface area contributed by atoms with Crippen LogP contribution in [0.15, 0.2) is 36.5 Å². The minimum absolute atomic E-state index is 0.00813. The van der Waals surface area contributed by atoms with E-state index in [2.05, 4.69) is 43.5 Å². The van der Waals surface area contributed by atoms with Crippen LogP contribution >= 0.6 is 0 Å². The maximum absolute atomic E-state index is 12.5. The number of hydrogen-bond donors (Lipinski definition) is 3. The summed E-state index contributed by atoms with van der Waals surface area (Å²) in [6.45, 7) is 4.90. The third-order valence-electron chi connectivity index (χ3n) is 17.9. The van der Waals surface area contributed by atoms with E-state index < -0.39 is 12.1 Å². The van der Waals surface area contributed by atoms with E-state index in [-0.39, 0.29) is 18.5 Å². The van der Waals surface area contributed by atoms with Crippen molar-refractivity contribution in [3.63, 3.8) is 0 Å². The van der Waals surface area contributed by atoms with E-state index in [0.717, 1.165) is 51.4 Å². The van der Waals surface area contributed by atoms with E-state index >= 15 is 0 Å². The lowest BCUT2D eigenvalue weighted by Gasteiger charge is -2.20. The van der Waals surface area contributed by atoms with Gasteiger partial charge in [0, 0.05) is 12.8 Å². The van der Waals surface area contributed by atoms with Crippen LogP contribution in [-0.4, -0.2) is 47.4 Å². The Balaban J connectivity index is 3.33. The highest BCUT2D eigenvalue weighted by Gasteiger charge is 2.18. The number of nitrogens with one attached hydrogen (secondary N) is 1. The fourth-order valence-electron chi connectivity index (χ4n) is 12.1. The summed E-state index contributed by atoms with van der Waals surface area (Å²) in [6.07, 6.45) is 95.5. The Labute approximate surface area is 525 Å². The zero-order valence-corrected chi connectivity index (χ0v) is 56.9. The van der Waals surface area contributed by atoms with Crippen LogP contribution in [0.5, 0.6) is 0 Å². The molecular formula is C78H149NO5. The van der Waals surface area contributed by atoms with Crippen molar-refractivity contribution < 1.29 is 24.5 Å². The van der Waals surface area contributed by atoms with Crippen molar-refractivity contribution in [3.8, 4) is 0 Å². The van der Waals surface area contributed by atoms with Gasteiger partial charge in [0.05, 0.1) is 25.4 Å². The largest absolute Gasteiger partial charge is 0.466 e. The van der Waals surface area contributed by atoms with Gasteiger partial charge in [0.25, 0.3) is 0 Å². The van der Waals surface area contributed by atoms with E-state index in [1.165, 1.54) is 347 Å². The molecule has 1 amide bonds. The molecule has 6 heteroatoms. The first-order chi connectivity index (χ1) is 41.5. The molecule has 0 aliphatic rings. The molecule has 0 heterocycles. The first-order valence-electron chi connectivity index (χ1n) is 38.3. The van der Waals surface area contributed by atoms with Gasteiger partial charge in [-0.1, -0.05) is 391 Å². The van der Waals surface area contributed by atoms with Crippen molar-refractivity contribution in [1.29, 1.82) is 0 Å². The summed E-state index contributed by atoms with van der Waals surface area (Å²) < 4.78 is 5.49. The van der Waals surface area contributed by atoms with Gasteiger partial charge in [-0.25, -0.2) is 0 Å². The summed E-state index contributed by atoms with van der Waals surface area (Å²) in [5, 5.41) is 23.2. The third-order valence-corrected chi connectivity index (χ3v) is 17.9. The maximum Gasteiger partial charge on any atom is 0.305 e. The molecule has 0 aliphatic heterocycles. The van der Waals surface area contributed by atoms with Crippen molar-refractivity contribution in [3.05, 3.63) is 36.5 Å². The molecule has 0 aromatic heterocycles. The highest BCUT2D eigenvalue weighted by Crippen LogP contribution is 2.20. The predicted octanol–water partition coefficient (Wildman–Crippen LogP) is 25.0. The number of carbonyl (C=O) groups is 2. The summed E-state index contributed by atoms with van der Waals surface area (Å²) in [5.74, 6) is -0.0509. The molecule has 2 unspecified atom stereocenters. The Morgan fingerprint density at radius 3 is 0.940 bits per heavy atom. The average molecular weight is 1180 g/mol. The number of hydrogen-bond acceptors (Lipinski definition) is 5. The van der Waals surface area contributed by atoms with Crippen LogP contribution < -0.4 is 5.32 Å². The van der Waals surface area contributed by atoms with E-state index in [9.17, 15) is 19.8 Å². The molecular weight excluding hydrogens is 1030 g/mol. The summed E-state index contributed by atoms with van der Waals surface area (Å²) in [4.78, 5) is 24.6. The minimum Gasteiger partial charge on any atom is -0.466 e. The van der Waals surface area contributed by atoms with Crippen molar-refractivity contribution >= 4 is 11.9 Å². The van der Waals surface area contributed by atoms with Crippen LogP contribution in [0.1, 0.15) is 425 Å². The number of unbranched alkanes of at least 4 members (excludes halogenated alkanes) is 57. The Kier molecular flexibility index (Phi) is 71.9. The molecule has 3 N–H and O–H groups in total. The SMILES string of the molecule is CCCC/C=C\C/C=C\CCCCCCCC(=O)OCCCCCCCCCCCCCCCCCCCCCCCCCCCCCCCCCCCCCC(=O)NC(CO)C(O)/C=C/CCCCCCCCCCCCCCCCCC. The number of rotatable bonds is 72. The Morgan fingerprint density at radius 2 is 0.607 bits per heavy atom. The highest BCUT2D eigenvalue weighted by molar-refractivity contribution is 5.76. The third kappa shape index (κ3) is 69.2. The number of aliphatic hydroxyl groups excluding tert-OH is 2. The van der Waals surface area contributed by atoms with Crippen LogP contribution in [0.25, 0.3) is 0 Å². The fourth-order valence-corrected chi connectivity index (χ4v) is 12.1. The van der Waals surface area contributed by atoms with Crippen LogP contribution in [0.3, 0.4) is 0 Å². The van der Waals surface area contributed by atoms with E-state index in [1.807, 2.05) is 6.08 Å². The normalized spacial score (nSPS) is 12.7. The Bertz CT molecular complexity index is 1360. The van der Waals surface area contributed by atoms with Crippen LogP contribution in [0.2, 0.25) is 0 Å². The van der Waals surface area contributed by atoms with Crippen LogP contribution in [0, 0.1) is 0 Å². The number of ether oxygens (including phenoxy) is 1. The minimum atomic E-state index is -0.841. The number of aliphatic hydroxyl groups is 2. The van der Waals surface area contributed by atoms with Gasteiger partial charge in [-0.2, -0.15) is 0 Å². The molecule has 0 saturated heterocycles. The lowest BCUT2D eigenvalue weighted by atomic mass is 10.0. The zero-order chi connectivity index (χ0) is 60.6. The van der Waals surface area contributed by atoms with Gasteiger partial charge in [0.1, 0.15) is 0 Å². The van der Waals surface area contributed by atoms with Gasteiger partial charge in [-0.05, 0) is 57.8 Å². The van der Waals surface area contributed by atoms with Gasteiger partial charge in [-0.3, -0.25) is 9.59 Å². The van der Waals surface area contributed by atoms with Crippen molar-refractivity contribution in [2.75, 3.05) is 13.2 Å². The maximum atomic E-state index is 12.5. The van der Waals surface area contributed by atoms with Crippen molar-refractivity contribution in [2.45, 2.75) is 437 Å². The summed E-state index contributed by atoms with van der Waals surface area (Å²) in [5.41, 5.74) is 0. The molecule has 0 aromatic rings. The van der Waals surface area contributed by atoms with E-state index in [4.69, 9.17) is 4.74 Å². The van der Waals surface area contributed by atoms with Crippen LogP contribution in [-0.2, 0) is 14.3 Å². The van der Waals surface area contributed by atoms with Crippen molar-refractivity contribution in [1.82, 2.24) is 5.32 Å². The zero-order valence-electron chi connectivity index (χ0n) is 56.9. The van der Waals surface area contributed by atoms with E-state index in [0.29, 0.717) is 19.4 Å². The van der Waals surface area contributed by atoms with Crippen molar-refractivity contribution in [2.24, 2.45) is 0 Å². The first-order valence-corrected chi connectivity index (χ1v) is 38.3. The summed E-state index contributed by atoms with van der Waals surface area (Å²) in [6, 6.07) is -0.624. The average Bonchev–Trinajstić information content (AvgIpc) is 3.51. The second-order valence-electron chi connectivity index (χ2n) is 26.3. The van der Waals surface area contributed by atoms with Gasteiger partial charge < -0.3 is 20.3 Å². The Hall–Kier alpha value is -1.92. The van der Waals surface area contributed by atoms with Gasteiger partial charge in [-0.15, -0.1) is 0 Å². The van der Waals surface area contributed by atoms with Gasteiger partial charge >= 0.3 is 5.97 Å².